The number of imidazole rings is 1. The van der Waals surface area contributed by atoms with E-state index in [4.69, 9.17) is 4.52 Å². The van der Waals surface area contributed by atoms with Crippen molar-refractivity contribution in [3.8, 4) is 11.5 Å². The Hall–Kier alpha value is -2.96. The van der Waals surface area contributed by atoms with E-state index in [1.807, 2.05) is 47.6 Å². The molecular formula is C17H18N6O. The largest absolute Gasteiger partial charge is 0.339 e. The highest BCUT2D eigenvalue weighted by atomic mass is 16.5. The standard InChI is InChI=1S/C17H18N6O/c1-11-4-6-15-18-9-14(23(15)10-11)17-20-16(24-21-17)7-5-13-8-19-22(3)12(13)2/h4,6,8-10H,5,7H2,1-3H3. The second kappa shape index (κ2) is 5.59. The third-order valence-electron chi connectivity index (χ3n) is 4.30. The number of nitrogens with zero attached hydrogens (tertiary/aromatic N) is 6. The van der Waals surface area contributed by atoms with Crippen LogP contribution in [0.4, 0.5) is 0 Å². The fourth-order valence-electron chi connectivity index (χ4n) is 2.74. The first-order valence-electron chi connectivity index (χ1n) is 7.86. The first-order valence-corrected chi connectivity index (χ1v) is 7.86. The molecule has 0 atom stereocenters. The van der Waals surface area contributed by atoms with Gasteiger partial charge in [0.2, 0.25) is 11.7 Å². The summed E-state index contributed by atoms with van der Waals surface area (Å²) in [4.78, 5) is 8.90. The number of aryl methyl sites for hydroxylation is 4. The molecule has 0 bridgehead atoms. The number of hydrogen-bond acceptors (Lipinski definition) is 5. The third kappa shape index (κ3) is 2.47. The van der Waals surface area contributed by atoms with Gasteiger partial charge in [0, 0.05) is 25.4 Å². The van der Waals surface area contributed by atoms with Crippen LogP contribution >= 0.6 is 0 Å². The number of rotatable bonds is 4. The summed E-state index contributed by atoms with van der Waals surface area (Å²) < 4.78 is 9.26. The lowest BCUT2D eigenvalue weighted by molar-refractivity contribution is 0.378. The Labute approximate surface area is 139 Å². The van der Waals surface area contributed by atoms with Gasteiger partial charge in [-0.25, -0.2) is 4.98 Å². The molecule has 4 aromatic rings. The molecule has 4 heterocycles. The van der Waals surface area contributed by atoms with Gasteiger partial charge >= 0.3 is 0 Å². The predicted molar refractivity (Wildman–Crippen MR) is 88.6 cm³/mol. The Morgan fingerprint density at radius 1 is 1.12 bits per heavy atom. The second-order valence-corrected chi connectivity index (χ2v) is 5.97. The van der Waals surface area contributed by atoms with Crippen LogP contribution in [0.25, 0.3) is 17.2 Å². The van der Waals surface area contributed by atoms with Gasteiger partial charge in [-0.2, -0.15) is 10.1 Å². The summed E-state index contributed by atoms with van der Waals surface area (Å²) in [6.07, 6.45) is 7.20. The molecule has 4 aromatic heterocycles. The maximum Gasteiger partial charge on any atom is 0.227 e. The topological polar surface area (TPSA) is 74.0 Å². The number of hydrogen-bond donors (Lipinski definition) is 0. The zero-order valence-electron chi connectivity index (χ0n) is 13.9. The lowest BCUT2D eigenvalue weighted by Gasteiger charge is -1.98. The van der Waals surface area contributed by atoms with Crippen molar-refractivity contribution in [3.63, 3.8) is 0 Å². The van der Waals surface area contributed by atoms with Crippen LogP contribution in [-0.2, 0) is 19.9 Å². The Morgan fingerprint density at radius 2 is 2.00 bits per heavy atom. The van der Waals surface area contributed by atoms with Crippen LogP contribution in [0.15, 0.2) is 35.2 Å². The molecule has 0 saturated carbocycles. The maximum absolute atomic E-state index is 5.41. The van der Waals surface area contributed by atoms with Crippen LogP contribution in [0.3, 0.4) is 0 Å². The number of fused-ring (bicyclic) bond motifs is 1. The van der Waals surface area contributed by atoms with Crippen molar-refractivity contribution in [1.82, 2.24) is 29.3 Å². The Morgan fingerprint density at radius 3 is 2.79 bits per heavy atom. The van der Waals surface area contributed by atoms with Crippen molar-refractivity contribution >= 4 is 5.65 Å². The molecule has 0 radical (unpaired) electrons. The van der Waals surface area contributed by atoms with E-state index in [-0.39, 0.29) is 0 Å². The predicted octanol–water partition coefficient (Wildman–Crippen LogP) is 2.52. The van der Waals surface area contributed by atoms with Crippen LogP contribution in [0.2, 0.25) is 0 Å². The van der Waals surface area contributed by atoms with Crippen LogP contribution in [0, 0.1) is 13.8 Å². The molecule has 122 valence electrons. The summed E-state index contributed by atoms with van der Waals surface area (Å²) in [6.45, 7) is 4.10. The molecule has 0 aromatic carbocycles. The summed E-state index contributed by atoms with van der Waals surface area (Å²) in [5.41, 5.74) is 5.21. The van der Waals surface area contributed by atoms with Crippen LogP contribution < -0.4 is 0 Å². The van der Waals surface area contributed by atoms with E-state index >= 15 is 0 Å². The zero-order chi connectivity index (χ0) is 16.7. The molecular weight excluding hydrogens is 304 g/mol. The van der Waals surface area contributed by atoms with Gasteiger partial charge in [0.25, 0.3) is 0 Å². The second-order valence-electron chi connectivity index (χ2n) is 5.97. The Kier molecular flexibility index (Phi) is 3.41. The monoisotopic (exact) mass is 322 g/mol. The highest BCUT2D eigenvalue weighted by Gasteiger charge is 2.14. The molecule has 0 aliphatic rings. The average Bonchev–Trinajstić information content (AvgIpc) is 3.26. The van der Waals surface area contributed by atoms with Gasteiger partial charge in [-0.05, 0) is 37.5 Å². The fraction of sp³-hybridized carbons (Fsp3) is 0.294. The van der Waals surface area contributed by atoms with Crippen LogP contribution in [0.5, 0.6) is 0 Å². The maximum atomic E-state index is 5.41. The fourth-order valence-corrected chi connectivity index (χ4v) is 2.74. The molecule has 7 heteroatoms. The normalized spacial score (nSPS) is 11.5. The first-order chi connectivity index (χ1) is 11.6. The Bertz CT molecular complexity index is 1010. The molecule has 0 aliphatic heterocycles. The van der Waals surface area contributed by atoms with E-state index in [0.29, 0.717) is 18.1 Å². The average molecular weight is 322 g/mol. The summed E-state index contributed by atoms with van der Waals surface area (Å²) in [5.74, 6) is 1.18. The van der Waals surface area contributed by atoms with E-state index in [9.17, 15) is 0 Å². The lowest BCUT2D eigenvalue weighted by Crippen LogP contribution is -1.96. The van der Waals surface area contributed by atoms with Crippen molar-refractivity contribution in [2.45, 2.75) is 26.7 Å². The minimum absolute atomic E-state index is 0.561. The Balaban J connectivity index is 1.58. The van der Waals surface area contributed by atoms with Gasteiger partial charge in [0.15, 0.2) is 0 Å². The van der Waals surface area contributed by atoms with Gasteiger partial charge in [0.05, 0.1) is 12.4 Å². The molecule has 24 heavy (non-hydrogen) atoms. The first kappa shape index (κ1) is 14.6. The van der Waals surface area contributed by atoms with Gasteiger partial charge in [-0.1, -0.05) is 11.2 Å². The molecule has 0 amide bonds. The molecule has 7 nitrogen and oxygen atoms in total. The highest BCUT2D eigenvalue weighted by molar-refractivity contribution is 5.56. The van der Waals surface area contributed by atoms with Gasteiger partial charge in [-0.15, -0.1) is 0 Å². The SMILES string of the molecule is Cc1ccc2ncc(-c3noc(CCc4cnn(C)c4C)n3)n2c1. The molecule has 0 aliphatic carbocycles. The summed E-state index contributed by atoms with van der Waals surface area (Å²) in [6, 6.07) is 4.01. The molecule has 0 N–H and O–H groups in total. The van der Waals surface area contributed by atoms with Crippen molar-refractivity contribution in [2.75, 3.05) is 0 Å². The van der Waals surface area contributed by atoms with Crippen molar-refractivity contribution in [3.05, 3.63) is 53.4 Å². The molecule has 0 spiro atoms. The van der Waals surface area contributed by atoms with Crippen LogP contribution in [0.1, 0.15) is 22.7 Å². The summed E-state index contributed by atoms with van der Waals surface area (Å²) in [5, 5.41) is 8.37. The van der Waals surface area contributed by atoms with E-state index in [0.717, 1.165) is 29.0 Å². The van der Waals surface area contributed by atoms with Crippen molar-refractivity contribution in [2.24, 2.45) is 7.05 Å². The van der Waals surface area contributed by atoms with E-state index in [2.05, 4.69) is 27.1 Å². The molecule has 0 saturated heterocycles. The van der Waals surface area contributed by atoms with E-state index in [1.165, 1.54) is 5.56 Å². The zero-order valence-corrected chi connectivity index (χ0v) is 13.9. The van der Waals surface area contributed by atoms with Gasteiger partial charge < -0.3 is 4.52 Å². The quantitative estimate of drug-likeness (QED) is 0.577. The number of pyridine rings is 1. The van der Waals surface area contributed by atoms with E-state index in [1.54, 1.807) is 6.20 Å². The minimum atomic E-state index is 0.561. The van der Waals surface area contributed by atoms with E-state index < -0.39 is 0 Å². The lowest BCUT2D eigenvalue weighted by atomic mass is 10.1. The van der Waals surface area contributed by atoms with Crippen molar-refractivity contribution in [1.29, 1.82) is 0 Å². The minimum Gasteiger partial charge on any atom is -0.339 e. The molecule has 0 unspecified atom stereocenters. The molecule has 0 fully saturated rings. The number of aromatic nitrogens is 6. The van der Waals surface area contributed by atoms with Gasteiger partial charge in [0.1, 0.15) is 11.3 Å². The highest BCUT2D eigenvalue weighted by Crippen LogP contribution is 2.19. The summed E-state index contributed by atoms with van der Waals surface area (Å²) in [7, 11) is 1.94. The third-order valence-corrected chi connectivity index (χ3v) is 4.30. The van der Waals surface area contributed by atoms with Crippen LogP contribution in [-0.4, -0.2) is 29.3 Å². The smallest absolute Gasteiger partial charge is 0.227 e. The van der Waals surface area contributed by atoms with Crippen molar-refractivity contribution < 1.29 is 4.52 Å². The van der Waals surface area contributed by atoms with Gasteiger partial charge in [-0.3, -0.25) is 9.08 Å². The summed E-state index contributed by atoms with van der Waals surface area (Å²) >= 11 is 0. The molecule has 4 rings (SSSR count).